The molecule has 0 amide bonds. The molecule has 2 aromatic carbocycles. The topological polar surface area (TPSA) is 84.8 Å². The van der Waals surface area contributed by atoms with Gasteiger partial charge in [-0.3, -0.25) is 0 Å². The SMILES string of the molecule is Cc1ccccc1/C=C1\N=C(c2ccc(S(=O)(=O)NC(C)C)cc2)OC1=O. The van der Waals surface area contributed by atoms with Crippen LogP contribution in [-0.4, -0.2) is 26.3 Å². The first kappa shape index (κ1) is 19.0. The standard InChI is InChI=1S/C20H20N2O4S/c1-13(2)22-27(24,25)17-10-8-15(9-11-17)19-21-18(20(23)26-19)12-16-7-5-4-6-14(16)3/h4-13,22H,1-3H3/b18-12-. The fraction of sp³-hybridized carbons (Fsp3) is 0.200. The van der Waals surface area contributed by atoms with Crippen molar-refractivity contribution in [3.63, 3.8) is 0 Å². The normalized spacial score (nSPS) is 15.9. The Morgan fingerprint density at radius 2 is 1.74 bits per heavy atom. The summed E-state index contributed by atoms with van der Waals surface area (Å²) in [5, 5.41) is 0. The van der Waals surface area contributed by atoms with E-state index in [9.17, 15) is 13.2 Å². The van der Waals surface area contributed by atoms with Crippen molar-refractivity contribution in [3.05, 3.63) is 70.9 Å². The maximum atomic E-state index is 12.2. The molecule has 1 aliphatic heterocycles. The van der Waals surface area contributed by atoms with E-state index in [1.807, 2.05) is 31.2 Å². The van der Waals surface area contributed by atoms with Crippen LogP contribution in [0.3, 0.4) is 0 Å². The van der Waals surface area contributed by atoms with Crippen molar-refractivity contribution in [3.8, 4) is 0 Å². The van der Waals surface area contributed by atoms with Gasteiger partial charge in [-0.2, -0.15) is 0 Å². The molecule has 0 saturated heterocycles. The molecular formula is C20H20N2O4S. The second-order valence-electron chi connectivity index (χ2n) is 6.49. The van der Waals surface area contributed by atoms with Crippen LogP contribution in [0.4, 0.5) is 0 Å². The lowest BCUT2D eigenvalue weighted by molar-refractivity contribution is -0.129. The summed E-state index contributed by atoms with van der Waals surface area (Å²) in [4.78, 5) is 16.5. The van der Waals surface area contributed by atoms with Crippen molar-refractivity contribution < 1.29 is 17.9 Å². The van der Waals surface area contributed by atoms with E-state index < -0.39 is 16.0 Å². The van der Waals surface area contributed by atoms with Crippen molar-refractivity contribution >= 4 is 28.0 Å². The van der Waals surface area contributed by atoms with E-state index in [0.29, 0.717) is 5.56 Å². The predicted octanol–water partition coefficient (Wildman–Crippen LogP) is 3.03. The highest BCUT2D eigenvalue weighted by Gasteiger charge is 2.25. The van der Waals surface area contributed by atoms with Gasteiger partial charge in [-0.05, 0) is 62.2 Å². The lowest BCUT2D eigenvalue weighted by Crippen LogP contribution is -2.30. The van der Waals surface area contributed by atoms with Crippen molar-refractivity contribution in [1.29, 1.82) is 0 Å². The number of esters is 1. The third-order valence-corrected chi connectivity index (χ3v) is 5.58. The molecule has 140 valence electrons. The zero-order valence-corrected chi connectivity index (χ0v) is 16.1. The summed E-state index contributed by atoms with van der Waals surface area (Å²) in [6, 6.07) is 13.5. The number of hydrogen-bond donors (Lipinski definition) is 1. The molecule has 2 aromatic rings. The number of aliphatic imine (C=N–C) groups is 1. The minimum atomic E-state index is -3.58. The molecule has 0 unspecified atom stereocenters. The second kappa shape index (κ2) is 7.46. The Morgan fingerprint density at radius 1 is 1.07 bits per heavy atom. The molecule has 6 nitrogen and oxygen atoms in total. The Balaban J connectivity index is 1.87. The lowest BCUT2D eigenvalue weighted by atomic mass is 10.1. The van der Waals surface area contributed by atoms with Gasteiger partial charge in [0.25, 0.3) is 0 Å². The molecule has 0 aliphatic carbocycles. The maximum absolute atomic E-state index is 12.2. The second-order valence-corrected chi connectivity index (χ2v) is 8.21. The predicted molar refractivity (Wildman–Crippen MR) is 104 cm³/mol. The van der Waals surface area contributed by atoms with Crippen molar-refractivity contribution in [2.45, 2.75) is 31.7 Å². The van der Waals surface area contributed by atoms with Crippen molar-refractivity contribution in [1.82, 2.24) is 4.72 Å². The van der Waals surface area contributed by atoms with Gasteiger partial charge in [-0.25, -0.2) is 22.9 Å². The van der Waals surface area contributed by atoms with Crippen molar-refractivity contribution in [2.24, 2.45) is 4.99 Å². The number of rotatable bonds is 5. The van der Waals surface area contributed by atoms with Crippen LogP contribution in [-0.2, 0) is 19.6 Å². The van der Waals surface area contributed by atoms with Gasteiger partial charge in [-0.1, -0.05) is 24.3 Å². The highest BCUT2D eigenvalue weighted by molar-refractivity contribution is 7.89. The quantitative estimate of drug-likeness (QED) is 0.634. The van der Waals surface area contributed by atoms with E-state index >= 15 is 0 Å². The van der Waals surface area contributed by atoms with E-state index in [2.05, 4.69) is 9.71 Å². The van der Waals surface area contributed by atoms with E-state index in [1.165, 1.54) is 12.1 Å². The number of nitrogens with one attached hydrogen (secondary N) is 1. The largest absolute Gasteiger partial charge is 0.402 e. The Kier molecular flexibility index (Phi) is 5.25. The van der Waals surface area contributed by atoms with Crippen molar-refractivity contribution in [2.75, 3.05) is 0 Å². The first-order chi connectivity index (χ1) is 12.8. The first-order valence-corrected chi connectivity index (χ1v) is 9.95. The number of carbonyl (C=O) groups is 1. The number of sulfonamides is 1. The molecule has 0 atom stereocenters. The Hall–Kier alpha value is -2.77. The number of hydrogen-bond acceptors (Lipinski definition) is 5. The number of ether oxygens (including phenoxy) is 1. The monoisotopic (exact) mass is 384 g/mol. The number of benzene rings is 2. The van der Waals surface area contributed by atoms with Crippen LogP contribution in [0.15, 0.2) is 64.1 Å². The summed E-state index contributed by atoms with van der Waals surface area (Å²) in [6.45, 7) is 5.45. The molecule has 0 fully saturated rings. The average molecular weight is 384 g/mol. The molecule has 0 saturated carbocycles. The number of cyclic esters (lactones) is 1. The molecule has 0 aromatic heterocycles. The summed E-state index contributed by atoms with van der Waals surface area (Å²) >= 11 is 0. The molecule has 7 heteroatoms. The van der Waals surface area contributed by atoms with Gasteiger partial charge < -0.3 is 4.74 Å². The van der Waals surface area contributed by atoms with E-state index in [0.717, 1.165) is 11.1 Å². The van der Waals surface area contributed by atoms with Crippen LogP contribution in [0.1, 0.15) is 30.5 Å². The van der Waals surface area contributed by atoms with Crippen LogP contribution in [0.2, 0.25) is 0 Å². The van der Waals surface area contributed by atoms with Gasteiger partial charge in [-0.15, -0.1) is 0 Å². The molecule has 0 spiro atoms. The van der Waals surface area contributed by atoms with Gasteiger partial charge in [0.15, 0.2) is 5.70 Å². The van der Waals surface area contributed by atoms with Crippen LogP contribution in [0.25, 0.3) is 6.08 Å². The van der Waals surface area contributed by atoms with E-state index in [1.54, 1.807) is 32.1 Å². The van der Waals surface area contributed by atoms with Gasteiger partial charge >= 0.3 is 5.97 Å². The summed E-state index contributed by atoms with van der Waals surface area (Å²) < 4.78 is 32.1. The molecule has 3 rings (SSSR count). The molecule has 1 heterocycles. The first-order valence-electron chi connectivity index (χ1n) is 8.47. The zero-order valence-electron chi connectivity index (χ0n) is 15.3. The van der Waals surface area contributed by atoms with Crippen LogP contribution in [0.5, 0.6) is 0 Å². The van der Waals surface area contributed by atoms with E-state index in [4.69, 9.17) is 4.74 Å². The molecule has 0 radical (unpaired) electrons. The Morgan fingerprint density at radius 3 is 2.37 bits per heavy atom. The fourth-order valence-electron chi connectivity index (χ4n) is 2.58. The zero-order chi connectivity index (χ0) is 19.6. The number of aryl methyl sites for hydroxylation is 1. The summed E-state index contributed by atoms with van der Waals surface area (Å²) in [6.07, 6.45) is 1.68. The van der Waals surface area contributed by atoms with Gasteiger partial charge in [0.05, 0.1) is 4.90 Å². The minimum absolute atomic E-state index is 0.139. The van der Waals surface area contributed by atoms with E-state index in [-0.39, 0.29) is 22.5 Å². The molecule has 1 aliphatic rings. The summed E-state index contributed by atoms with van der Waals surface area (Å²) in [5.74, 6) is -0.382. The third-order valence-electron chi connectivity index (χ3n) is 3.90. The highest BCUT2D eigenvalue weighted by atomic mass is 32.2. The molecule has 27 heavy (non-hydrogen) atoms. The van der Waals surface area contributed by atoms with Crippen LogP contribution >= 0.6 is 0 Å². The third kappa shape index (κ3) is 4.32. The van der Waals surface area contributed by atoms with Crippen LogP contribution in [0, 0.1) is 6.92 Å². The number of carbonyl (C=O) groups excluding carboxylic acids is 1. The summed E-state index contributed by atoms with van der Waals surface area (Å²) in [5.41, 5.74) is 2.64. The lowest BCUT2D eigenvalue weighted by Gasteiger charge is -2.09. The Bertz CT molecular complexity index is 1040. The maximum Gasteiger partial charge on any atom is 0.363 e. The Labute approximate surface area is 158 Å². The average Bonchev–Trinajstić information content (AvgIpc) is 2.97. The molecule has 1 N–H and O–H groups in total. The fourth-order valence-corrected chi connectivity index (χ4v) is 3.83. The smallest absolute Gasteiger partial charge is 0.363 e. The molecular weight excluding hydrogens is 364 g/mol. The van der Waals surface area contributed by atoms with Gasteiger partial charge in [0.1, 0.15) is 0 Å². The van der Waals surface area contributed by atoms with Gasteiger partial charge in [0, 0.05) is 11.6 Å². The summed E-state index contributed by atoms with van der Waals surface area (Å²) in [7, 11) is -3.58. The van der Waals surface area contributed by atoms with Crippen LogP contribution < -0.4 is 4.72 Å². The molecule has 0 bridgehead atoms. The minimum Gasteiger partial charge on any atom is -0.402 e. The van der Waals surface area contributed by atoms with Gasteiger partial charge in [0.2, 0.25) is 15.9 Å². The number of nitrogens with zero attached hydrogens (tertiary/aromatic N) is 1. The highest BCUT2D eigenvalue weighted by Crippen LogP contribution is 2.21.